The van der Waals surface area contributed by atoms with Crippen molar-refractivity contribution in [2.24, 2.45) is 7.05 Å². The lowest BCUT2D eigenvalue weighted by atomic mass is 10.1. The van der Waals surface area contributed by atoms with Crippen molar-refractivity contribution in [2.75, 3.05) is 13.1 Å². The number of hydrogen-bond acceptors (Lipinski definition) is 3. The van der Waals surface area contributed by atoms with E-state index >= 15 is 0 Å². The van der Waals surface area contributed by atoms with Gasteiger partial charge < -0.3 is 4.57 Å². The van der Waals surface area contributed by atoms with Crippen LogP contribution >= 0.6 is 0 Å². The minimum atomic E-state index is 0.463. The van der Waals surface area contributed by atoms with Gasteiger partial charge in [0.25, 0.3) is 0 Å². The second-order valence-corrected chi connectivity index (χ2v) is 6.56. The Bertz CT molecular complexity index is 836. The normalized spacial score (nSPS) is 18.8. The third-order valence-corrected chi connectivity index (χ3v) is 4.82. The van der Waals surface area contributed by atoms with Gasteiger partial charge in [-0.25, -0.2) is 9.97 Å². The van der Waals surface area contributed by atoms with E-state index in [-0.39, 0.29) is 0 Å². The van der Waals surface area contributed by atoms with Crippen molar-refractivity contribution in [2.45, 2.75) is 25.8 Å². The Hall–Kier alpha value is -2.20. The van der Waals surface area contributed by atoms with Crippen LogP contribution < -0.4 is 0 Å². The summed E-state index contributed by atoms with van der Waals surface area (Å²) in [5.41, 5.74) is 3.77. The Labute approximate surface area is 136 Å². The van der Waals surface area contributed by atoms with Gasteiger partial charge in [-0.1, -0.05) is 18.2 Å². The van der Waals surface area contributed by atoms with Crippen LogP contribution in [-0.4, -0.2) is 32.5 Å². The molecule has 0 amide bonds. The Morgan fingerprint density at radius 2 is 2.09 bits per heavy atom. The largest absolute Gasteiger partial charge is 0.350 e. The van der Waals surface area contributed by atoms with Gasteiger partial charge in [-0.3, -0.25) is 4.90 Å². The van der Waals surface area contributed by atoms with E-state index < -0.39 is 0 Å². The third kappa shape index (κ3) is 2.75. The molecule has 0 N–H and O–H groups in total. The van der Waals surface area contributed by atoms with Gasteiger partial charge in [0.15, 0.2) is 0 Å². The molecule has 0 unspecified atom stereocenters. The minimum absolute atomic E-state index is 0.463. The molecular weight excluding hydrogens is 284 g/mol. The van der Waals surface area contributed by atoms with Gasteiger partial charge in [-0.15, -0.1) is 0 Å². The maximum absolute atomic E-state index is 4.61. The maximum Gasteiger partial charge on any atom is 0.132 e. The molecule has 0 spiro atoms. The summed E-state index contributed by atoms with van der Waals surface area (Å²) in [6, 6.07) is 10.6. The summed E-state index contributed by atoms with van der Waals surface area (Å²) >= 11 is 0. The molecule has 0 bridgehead atoms. The van der Waals surface area contributed by atoms with E-state index in [4.69, 9.17) is 0 Å². The van der Waals surface area contributed by atoms with E-state index in [9.17, 15) is 0 Å². The van der Waals surface area contributed by atoms with E-state index in [1.54, 1.807) is 0 Å². The van der Waals surface area contributed by atoms with Gasteiger partial charge in [0.05, 0.1) is 0 Å². The lowest BCUT2D eigenvalue weighted by molar-refractivity contribution is 0.326. The third-order valence-electron chi connectivity index (χ3n) is 4.82. The van der Waals surface area contributed by atoms with Crippen LogP contribution in [0.4, 0.5) is 0 Å². The molecule has 23 heavy (non-hydrogen) atoms. The van der Waals surface area contributed by atoms with Crippen LogP contribution in [0.3, 0.4) is 0 Å². The van der Waals surface area contributed by atoms with Crippen LogP contribution in [0.2, 0.25) is 0 Å². The summed E-state index contributed by atoms with van der Waals surface area (Å²) < 4.78 is 2.22. The Morgan fingerprint density at radius 3 is 2.96 bits per heavy atom. The summed E-state index contributed by atoms with van der Waals surface area (Å²) in [5.74, 6) is 1.47. The van der Waals surface area contributed by atoms with Crippen molar-refractivity contribution in [1.82, 2.24) is 19.4 Å². The molecular formula is C19H22N4. The molecule has 0 aliphatic carbocycles. The predicted octanol–water partition coefficient (Wildman–Crippen LogP) is 3.27. The van der Waals surface area contributed by atoms with Crippen molar-refractivity contribution < 1.29 is 0 Å². The highest BCUT2D eigenvalue weighted by atomic mass is 15.2. The van der Waals surface area contributed by atoms with Crippen molar-refractivity contribution in [3.05, 3.63) is 59.8 Å². The average Bonchev–Trinajstić information content (AvgIpc) is 3.14. The summed E-state index contributed by atoms with van der Waals surface area (Å²) in [6.45, 7) is 5.20. The second kappa shape index (κ2) is 5.78. The number of fused-ring (bicyclic) bond motifs is 1. The van der Waals surface area contributed by atoms with E-state index in [1.807, 2.05) is 19.2 Å². The van der Waals surface area contributed by atoms with Crippen LogP contribution in [0.1, 0.15) is 29.4 Å². The van der Waals surface area contributed by atoms with Crippen LogP contribution in [0.25, 0.3) is 10.9 Å². The average molecular weight is 306 g/mol. The first kappa shape index (κ1) is 14.4. The zero-order valence-corrected chi connectivity index (χ0v) is 13.7. The molecule has 0 saturated carbocycles. The summed E-state index contributed by atoms with van der Waals surface area (Å²) in [7, 11) is 2.12. The van der Waals surface area contributed by atoms with Crippen molar-refractivity contribution >= 4 is 10.9 Å². The number of aryl methyl sites for hydroxylation is 2. The molecule has 1 aromatic carbocycles. The predicted molar refractivity (Wildman–Crippen MR) is 92.3 cm³/mol. The van der Waals surface area contributed by atoms with Gasteiger partial charge in [-0.2, -0.15) is 0 Å². The standard InChI is InChI=1S/C19H22N4/c1-14-7-9-20-19(21-14)15-8-10-23(12-15)13-16-11-22(2)18-6-4-3-5-17(16)18/h3-7,9,11,15H,8,10,12-13H2,1-2H3/t15-/m0/s1. The summed E-state index contributed by atoms with van der Waals surface area (Å²) in [5, 5.41) is 1.37. The molecule has 4 rings (SSSR count). The Morgan fingerprint density at radius 1 is 1.22 bits per heavy atom. The maximum atomic E-state index is 4.61. The molecule has 4 nitrogen and oxygen atoms in total. The first-order chi connectivity index (χ1) is 11.2. The molecule has 1 fully saturated rings. The summed E-state index contributed by atoms with van der Waals surface area (Å²) in [4.78, 5) is 11.6. The molecule has 1 saturated heterocycles. The minimum Gasteiger partial charge on any atom is -0.350 e. The molecule has 1 aliphatic heterocycles. The summed E-state index contributed by atoms with van der Waals surface area (Å²) in [6.07, 6.45) is 5.29. The Balaban J connectivity index is 1.52. The number of nitrogens with zero attached hydrogens (tertiary/aromatic N) is 4. The first-order valence-electron chi connectivity index (χ1n) is 8.25. The topological polar surface area (TPSA) is 34.0 Å². The van der Waals surface area contributed by atoms with Crippen LogP contribution in [0.5, 0.6) is 0 Å². The first-order valence-corrected chi connectivity index (χ1v) is 8.25. The fraction of sp³-hybridized carbons (Fsp3) is 0.368. The number of para-hydroxylation sites is 1. The van der Waals surface area contributed by atoms with Crippen molar-refractivity contribution in [3.8, 4) is 0 Å². The second-order valence-electron chi connectivity index (χ2n) is 6.56. The van der Waals surface area contributed by atoms with Gasteiger partial charge in [-0.05, 0) is 37.6 Å². The highest BCUT2D eigenvalue weighted by molar-refractivity contribution is 5.83. The number of aromatic nitrogens is 3. The van der Waals surface area contributed by atoms with Crippen LogP contribution in [-0.2, 0) is 13.6 Å². The molecule has 1 atom stereocenters. The lowest BCUT2D eigenvalue weighted by Crippen LogP contribution is -2.20. The van der Waals surface area contributed by atoms with Crippen molar-refractivity contribution in [1.29, 1.82) is 0 Å². The van der Waals surface area contributed by atoms with Crippen LogP contribution in [0, 0.1) is 6.92 Å². The monoisotopic (exact) mass is 306 g/mol. The molecule has 0 radical (unpaired) electrons. The SMILES string of the molecule is Cc1ccnc([C@H]2CCN(Cc3cn(C)c4ccccc34)C2)n1. The quantitative estimate of drug-likeness (QED) is 0.745. The highest BCUT2D eigenvalue weighted by Crippen LogP contribution is 2.28. The van der Waals surface area contributed by atoms with E-state index in [1.165, 1.54) is 16.5 Å². The van der Waals surface area contributed by atoms with E-state index in [2.05, 4.69) is 56.9 Å². The molecule has 3 aromatic rings. The number of likely N-dealkylation sites (tertiary alicyclic amines) is 1. The fourth-order valence-electron chi connectivity index (χ4n) is 3.64. The van der Waals surface area contributed by atoms with E-state index in [0.29, 0.717) is 5.92 Å². The number of hydrogen-bond donors (Lipinski definition) is 0. The molecule has 1 aliphatic rings. The van der Waals surface area contributed by atoms with E-state index in [0.717, 1.165) is 37.6 Å². The number of rotatable bonds is 3. The Kier molecular flexibility index (Phi) is 3.62. The van der Waals surface area contributed by atoms with Crippen LogP contribution in [0.15, 0.2) is 42.7 Å². The molecule has 118 valence electrons. The van der Waals surface area contributed by atoms with Gasteiger partial charge >= 0.3 is 0 Å². The highest BCUT2D eigenvalue weighted by Gasteiger charge is 2.26. The lowest BCUT2D eigenvalue weighted by Gasteiger charge is -2.15. The molecule has 4 heteroatoms. The zero-order valence-electron chi connectivity index (χ0n) is 13.7. The number of benzene rings is 1. The van der Waals surface area contributed by atoms with Crippen molar-refractivity contribution in [3.63, 3.8) is 0 Å². The fourth-order valence-corrected chi connectivity index (χ4v) is 3.64. The molecule has 3 heterocycles. The van der Waals surface area contributed by atoms with Gasteiger partial charge in [0.2, 0.25) is 0 Å². The molecule has 2 aromatic heterocycles. The smallest absolute Gasteiger partial charge is 0.132 e. The van der Waals surface area contributed by atoms with Gasteiger partial charge in [0.1, 0.15) is 5.82 Å². The van der Waals surface area contributed by atoms with Gasteiger partial charge in [0, 0.05) is 55.0 Å². The zero-order chi connectivity index (χ0) is 15.8.